The number of carbonyl (C=O) groups is 4. The maximum atomic E-state index is 14.5. The number of thiophene rings is 2. The summed E-state index contributed by atoms with van der Waals surface area (Å²) in [4.78, 5) is 69.7. The van der Waals surface area contributed by atoms with Gasteiger partial charge in [0.15, 0.2) is 6.10 Å². The zero-order valence-corrected chi connectivity index (χ0v) is 30.3. The van der Waals surface area contributed by atoms with Crippen LogP contribution < -0.4 is 16.2 Å². The van der Waals surface area contributed by atoms with Crippen molar-refractivity contribution in [2.75, 3.05) is 6.54 Å². The zero-order chi connectivity index (χ0) is 36.4. The van der Waals surface area contributed by atoms with Gasteiger partial charge in [-0.2, -0.15) is 27.8 Å². The van der Waals surface area contributed by atoms with Crippen molar-refractivity contribution in [2.45, 2.75) is 107 Å². The number of hydrogen-bond acceptors (Lipinski definition) is 10. The first-order valence-electron chi connectivity index (χ1n) is 18.0. The van der Waals surface area contributed by atoms with Gasteiger partial charge in [-0.05, 0) is 96.1 Å². The third-order valence-corrected chi connectivity index (χ3v) is 12.3. The van der Waals surface area contributed by atoms with Crippen molar-refractivity contribution in [1.82, 2.24) is 25.3 Å². The molecule has 6 atom stereocenters. The Hall–Kier alpha value is -4.34. The number of ether oxygens (including phenoxy) is 1. The molecule has 276 valence electrons. The van der Waals surface area contributed by atoms with Gasteiger partial charge in [0.25, 0.3) is 5.56 Å². The molecule has 1 saturated heterocycles. The molecular weight excluding hydrogens is 707 g/mol. The van der Waals surface area contributed by atoms with E-state index in [-0.39, 0.29) is 31.0 Å². The highest BCUT2D eigenvalue weighted by molar-refractivity contribution is 7.08. The molecule has 2 unspecified atom stereocenters. The molecule has 3 aromatic heterocycles. The Morgan fingerprint density at radius 1 is 1.02 bits per heavy atom. The van der Waals surface area contributed by atoms with Crippen molar-refractivity contribution < 1.29 is 34.1 Å². The molecule has 0 bridgehead atoms. The normalized spacial score (nSPS) is 28.1. The number of aliphatic hydroxyl groups is 1. The van der Waals surface area contributed by atoms with E-state index < -0.39 is 59.6 Å². The molecule has 3 fully saturated rings. The number of amides is 3. The van der Waals surface area contributed by atoms with Gasteiger partial charge in [-0.3, -0.25) is 14.4 Å². The first kappa shape index (κ1) is 36.0. The number of rotatable bonds is 7. The van der Waals surface area contributed by atoms with Crippen LogP contribution >= 0.6 is 22.7 Å². The summed E-state index contributed by atoms with van der Waals surface area (Å²) in [5.74, 6) is -3.01. The highest BCUT2D eigenvalue weighted by Gasteiger charge is 2.62. The first-order chi connectivity index (χ1) is 25.2. The summed E-state index contributed by atoms with van der Waals surface area (Å²) in [5.41, 5.74) is 0.896. The van der Waals surface area contributed by atoms with Crippen LogP contribution in [0.15, 0.2) is 56.8 Å². The van der Waals surface area contributed by atoms with E-state index in [2.05, 4.69) is 15.7 Å². The largest absolute Gasteiger partial charge is 0.479 e. The van der Waals surface area contributed by atoms with E-state index in [9.17, 15) is 34.2 Å². The van der Waals surface area contributed by atoms with E-state index >= 15 is 0 Å². The van der Waals surface area contributed by atoms with Crippen LogP contribution in [-0.4, -0.2) is 85.1 Å². The second-order valence-corrected chi connectivity index (χ2v) is 15.8. The lowest BCUT2D eigenvalue weighted by molar-refractivity contribution is -0.150. The number of carboxylic acid groups (broad SMARTS) is 1. The van der Waals surface area contributed by atoms with Crippen molar-refractivity contribution in [2.24, 2.45) is 5.92 Å². The predicted molar refractivity (Wildman–Crippen MR) is 195 cm³/mol. The van der Waals surface area contributed by atoms with E-state index in [0.29, 0.717) is 30.4 Å². The fourth-order valence-electron chi connectivity index (χ4n) is 7.98. The third-order valence-electron chi connectivity index (χ3n) is 10.9. The van der Waals surface area contributed by atoms with Gasteiger partial charge in [0, 0.05) is 24.4 Å². The summed E-state index contributed by atoms with van der Waals surface area (Å²) >= 11 is 2.96. The highest BCUT2D eigenvalue weighted by Crippen LogP contribution is 2.48. The van der Waals surface area contributed by atoms with Crippen LogP contribution in [0, 0.1) is 5.92 Å². The Morgan fingerprint density at radius 3 is 2.46 bits per heavy atom. The maximum absolute atomic E-state index is 14.5. The predicted octanol–water partition coefficient (Wildman–Crippen LogP) is 4.72. The van der Waals surface area contributed by atoms with Crippen molar-refractivity contribution in [1.29, 1.82) is 0 Å². The average molecular weight is 750 g/mol. The Balaban J connectivity index is 1.24. The van der Waals surface area contributed by atoms with Gasteiger partial charge in [0.05, 0.1) is 23.3 Å². The molecule has 2 aliphatic carbocycles. The van der Waals surface area contributed by atoms with Gasteiger partial charge in [-0.1, -0.05) is 25.0 Å². The minimum Gasteiger partial charge on any atom is -0.479 e. The van der Waals surface area contributed by atoms with Crippen LogP contribution in [0.5, 0.6) is 0 Å². The molecule has 2 saturated carbocycles. The zero-order valence-electron chi connectivity index (χ0n) is 28.6. The van der Waals surface area contributed by atoms with Crippen LogP contribution in [0.25, 0.3) is 22.3 Å². The van der Waals surface area contributed by atoms with Gasteiger partial charge in [0.1, 0.15) is 18.2 Å². The molecule has 5 heterocycles. The fourth-order valence-corrected chi connectivity index (χ4v) is 9.28. The molecule has 13 nitrogen and oxygen atoms in total. The van der Waals surface area contributed by atoms with Crippen LogP contribution in [-0.2, 0) is 19.1 Å². The number of carboxylic acids is 1. The average Bonchev–Trinajstić information content (AvgIpc) is 3.81. The number of hydrogen-bond donors (Lipinski definition) is 4. The fraction of sp³-hybridized carbons (Fsp3) is 0.514. The van der Waals surface area contributed by atoms with E-state index in [4.69, 9.17) is 4.74 Å². The molecule has 3 aromatic rings. The van der Waals surface area contributed by atoms with Gasteiger partial charge >= 0.3 is 12.1 Å². The molecule has 7 rings (SSSR count). The standard InChI is InChI=1S/C37H43N5O8S2/c43-31(35(47)48)37-17-24(37)8-4-2-1-3-5-11-28(39-36(49)50-26-9-6-7-10-26)33(45)41-19-25(16-29(41)32(44)40-37)42-34(46)30(23-13-15-52-21-23)27(18-38-42)22-12-14-51-20-22/h4,8,12-15,18,20-21,24-26,28-29,31,43H,1-3,5-7,9-11,16-17,19H2,(H,39,49)(H,40,44)(H,47,48)/b8-4-/t24-,25-,28-,29+,31?,37?/m1/s1. The molecule has 2 aliphatic heterocycles. The lowest BCUT2D eigenvalue weighted by Gasteiger charge is -2.30. The number of aliphatic hydroxyl groups excluding tert-OH is 1. The second-order valence-electron chi connectivity index (χ2n) is 14.3. The topological polar surface area (TPSA) is 180 Å². The number of carbonyl (C=O) groups excluding carboxylic acids is 3. The highest BCUT2D eigenvalue weighted by atomic mass is 32.1. The van der Waals surface area contributed by atoms with Crippen LogP contribution in [0.1, 0.15) is 76.7 Å². The molecule has 0 aromatic carbocycles. The second kappa shape index (κ2) is 15.3. The molecule has 15 heteroatoms. The smallest absolute Gasteiger partial charge is 0.408 e. The quantitative estimate of drug-likeness (QED) is 0.249. The number of nitrogens with one attached hydrogen (secondary N) is 2. The summed E-state index contributed by atoms with van der Waals surface area (Å²) < 4.78 is 6.98. The molecule has 3 amide bonds. The van der Waals surface area contributed by atoms with E-state index in [1.54, 1.807) is 6.20 Å². The SMILES string of the molecule is O=C(N[C@@H]1CCCCC/C=C\[C@@H]2CC2(C(O)C(=O)O)NC(=O)[C@@H]2C[C@@H](n3ncc(-c4ccsc4)c(-c4ccsc4)c3=O)CN2C1=O)OC1CCCC1. The molecule has 4 aliphatic rings. The number of fused-ring (bicyclic) bond motifs is 2. The maximum Gasteiger partial charge on any atom is 0.408 e. The number of aromatic nitrogens is 2. The number of alkyl carbamates (subject to hydrolysis) is 1. The third kappa shape index (κ3) is 7.30. The molecule has 52 heavy (non-hydrogen) atoms. The minimum atomic E-state index is -1.87. The number of allylic oxidation sites excluding steroid dienone is 1. The summed E-state index contributed by atoms with van der Waals surface area (Å²) in [5, 5.41) is 38.5. The Morgan fingerprint density at radius 2 is 1.75 bits per heavy atom. The summed E-state index contributed by atoms with van der Waals surface area (Å²) in [6.07, 6.45) is 9.56. The molecule has 0 spiro atoms. The lowest BCUT2D eigenvalue weighted by atomic mass is 10.0. The van der Waals surface area contributed by atoms with Crippen LogP contribution in [0.3, 0.4) is 0 Å². The monoisotopic (exact) mass is 749 g/mol. The number of aliphatic carboxylic acids is 1. The van der Waals surface area contributed by atoms with Crippen molar-refractivity contribution in [3.63, 3.8) is 0 Å². The lowest BCUT2D eigenvalue weighted by Crippen LogP contribution is -2.58. The van der Waals surface area contributed by atoms with Crippen LogP contribution in [0.4, 0.5) is 4.79 Å². The molecule has 0 radical (unpaired) electrons. The summed E-state index contributed by atoms with van der Waals surface area (Å²) in [7, 11) is 0. The van der Waals surface area contributed by atoms with Crippen LogP contribution in [0.2, 0.25) is 0 Å². The van der Waals surface area contributed by atoms with Crippen molar-refractivity contribution >= 4 is 46.6 Å². The van der Waals surface area contributed by atoms with Gasteiger partial charge < -0.3 is 30.5 Å². The summed E-state index contributed by atoms with van der Waals surface area (Å²) in [6, 6.07) is 0.926. The van der Waals surface area contributed by atoms with Gasteiger partial charge in [-0.15, -0.1) is 0 Å². The molecular formula is C37H43N5O8S2. The van der Waals surface area contributed by atoms with Crippen molar-refractivity contribution in [3.05, 3.63) is 62.4 Å². The Labute approximate surface area is 308 Å². The number of nitrogens with zero attached hydrogens (tertiary/aromatic N) is 3. The summed E-state index contributed by atoms with van der Waals surface area (Å²) in [6.45, 7) is -0.0572. The van der Waals surface area contributed by atoms with Gasteiger partial charge in [-0.25, -0.2) is 14.3 Å². The Kier molecular flexibility index (Phi) is 10.6. The van der Waals surface area contributed by atoms with E-state index in [0.717, 1.165) is 49.7 Å². The van der Waals surface area contributed by atoms with E-state index in [1.807, 2.05) is 45.8 Å². The van der Waals surface area contributed by atoms with Gasteiger partial charge in [0.2, 0.25) is 11.8 Å². The van der Waals surface area contributed by atoms with E-state index in [1.165, 1.54) is 32.3 Å². The first-order valence-corrected chi connectivity index (χ1v) is 19.9. The minimum absolute atomic E-state index is 0.00431. The van der Waals surface area contributed by atoms with Crippen molar-refractivity contribution in [3.8, 4) is 22.3 Å². The Bertz CT molecular complexity index is 1870. The molecule has 4 N–H and O–H groups in total.